The van der Waals surface area contributed by atoms with Crippen LogP contribution in [0.1, 0.15) is 15.9 Å². The molecule has 0 bridgehead atoms. The zero-order chi connectivity index (χ0) is 23.1. The molecule has 3 rings (SSSR count). The summed E-state index contributed by atoms with van der Waals surface area (Å²) in [7, 11) is 1.49. The van der Waals surface area contributed by atoms with Crippen LogP contribution in [0.2, 0.25) is 5.02 Å². The SMILES string of the molecule is COc1cccc(C(=O)NCC(=O)NCCN2C(=O)SC(=Cc3ccccc3Cl)C2=O)c1. The van der Waals surface area contributed by atoms with Crippen LogP contribution in [0.25, 0.3) is 6.08 Å². The second kappa shape index (κ2) is 10.8. The minimum atomic E-state index is -0.445. The van der Waals surface area contributed by atoms with Gasteiger partial charge in [-0.3, -0.25) is 24.1 Å². The highest BCUT2D eigenvalue weighted by molar-refractivity contribution is 8.18. The first kappa shape index (κ1) is 23.4. The predicted molar refractivity (Wildman–Crippen MR) is 122 cm³/mol. The van der Waals surface area contributed by atoms with Crippen molar-refractivity contribution in [3.63, 3.8) is 0 Å². The highest BCUT2D eigenvalue weighted by atomic mass is 35.5. The number of hydrogen-bond donors (Lipinski definition) is 2. The van der Waals surface area contributed by atoms with Gasteiger partial charge in [-0.1, -0.05) is 35.9 Å². The summed E-state index contributed by atoms with van der Waals surface area (Å²) >= 11 is 6.92. The lowest BCUT2D eigenvalue weighted by Gasteiger charge is -2.13. The summed E-state index contributed by atoms with van der Waals surface area (Å²) in [5.41, 5.74) is 1.00. The van der Waals surface area contributed by atoms with Crippen molar-refractivity contribution in [1.82, 2.24) is 15.5 Å². The maximum absolute atomic E-state index is 12.5. The Kier molecular flexibility index (Phi) is 7.91. The van der Waals surface area contributed by atoms with Crippen LogP contribution < -0.4 is 15.4 Å². The summed E-state index contributed by atoms with van der Waals surface area (Å²) in [5, 5.41) is 5.14. The van der Waals surface area contributed by atoms with Crippen LogP contribution in [-0.4, -0.2) is 54.6 Å². The van der Waals surface area contributed by atoms with E-state index in [1.54, 1.807) is 54.6 Å². The molecule has 0 unspecified atom stereocenters. The van der Waals surface area contributed by atoms with E-state index in [1.807, 2.05) is 0 Å². The monoisotopic (exact) mass is 473 g/mol. The normalized spacial score (nSPS) is 14.6. The Morgan fingerprint density at radius 2 is 1.91 bits per heavy atom. The topological polar surface area (TPSA) is 105 Å². The van der Waals surface area contributed by atoms with Gasteiger partial charge >= 0.3 is 0 Å². The maximum atomic E-state index is 12.5. The van der Waals surface area contributed by atoms with E-state index in [2.05, 4.69) is 10.6 Å². The number of nitrogens with one attached hydrogen (secondary N) is 2. The molecule has 2 aromatic carbocycles. The summed E-state index contributed by atoms with van der Waals surface area (Å²) in [6.45, 7) is -0.171. The van der Waals surface area contributed by atoms with Crippen LogP contribution in [0.15, 0.2) is 53.4 Å². The summed E-state index contributed by atoms with van der Waals surface area (Å²) in [4.78, 5) is 50.2. The molecule has 10 heteroatoms. The van der Waals surface area contributed by atoms with Gasteiger partial charge in [-0.25, -0.2) is 0 Å². The molecule has 0 saturated carbocycles. The van der Waals surface area contributed by atoms with Gasteiger partial charge in [0.05, 0.1) is 18.6 Å². The average molecular weight is 474 g/mol. The lowest BCUT2D eigenvalue weighted by atomic mass is 10.2. The van der Waals surface area contributed by atoms with Gasteiger partial charge in [0.15, 0.2) is 0 Å². The number of halogens is 1. The van der Waals surface area contributed by atoms with E-state index in [0.717, 1.165) is 16.7 Å². The molecular weight excluding hydrogens is 454 g/mol. The Hall–Kier alpha value is -3.30. The lowest BCUT2D eigenvalue weighted by molar-refractivity contribution is -0.124. The molecule has 2 aromatic rings. The van der Waals surface area contributed by atoms with Crippen molar-refractivity contribution < 1.29 is 23.9 Å². The summed E-state index contributed by atoms with van der Waals surface area (Å²) < 4.78 is 5.07. The molecule has 32 heavy (non-hydrogen) atoms. The fraction of sp³-hybridized carbons (Fsp3) is 0.182. The smallest absolute Gasteiger partial charge is 0.293 e. The summed E-state index contributed by atoms with van der Waals surface area (Å²) in [6, 6.07) is 13.5. The largest absolute Gasteiger partial charge is 0.497 e. The number of rotatable bonds is 8. The molecule has 2 N–H and O–H groups in total. The van der Waals surface area contributed by atoms with Gasteiger partial charge in [0.2, 0.25) is 5.91 Å². The molecule has 1 aliphatic heterocycles. The first-order chi connectivity index (χ1) is 15.4. The molecule has 0 radical (unpaired) electrons. The number of thioether (sulfide) groups is 1. The van der Waals surface area contributed by atoms with E-state index in [1.165, 1.54) is 7.11 Å². The number of nitrogens with zero attached hydrogens (tertiary/aromatic N) is 1. The van der Waals surface area contributed by atoms with Crippen molar-refractivity contribution in [2.75, 3.05) is 26.7 Å². The van der Waals surface area contributed by atoms with Gasteiger partial charge in [-0.05, 0) is 47.7 Å². The number of carbonyl (C=O) groups is 4. The van der Waals surface area contributed by atoms with E-state index >= 15 is 0 Å². The number of benzene rings is 2. The van der Waals surface area contributed by atoms with Crippen molar-refractivity contribution in [2.24, 2.45) is 0 Å². The zero-order valence-corrected chi connectivity index (χ0v) is 18.7. The predicted octanol–water partition coefficient (Wildman–Crippen LogP) is 2.93. The van der Waals surface area contributed by atoms with Gasteiger partial charge in [0.1, 0.15) is 5.75 Å². The van der Waals surface area contributed by atoms with Gasteiger partial charge < -0.3 is 15.4 Å². The van der Waals surface area contributed by atoms with Crippen molar-refractivity contribution in [3.8, 4) is 5.75 Å². The van der Waals surface area contributed by atoms with E-state index in [0.29, 0.717) is 21.9 Å². The lowest BCUT2D eigenvalue weighted by Crippen LogP contribution is -2.41. The zero-order valence-electron chi connectivity index (χ0n) is 17.1. The Bertz CT molecular complexity index is 1090. The molecule has 166 valence electrons. The molecule has 4 amide bonds. The van der Waals surface area contributed by atoms with E-state index in [4.69, 9.17) is 16.3 Å². The first-order valence-electron chi connectivity index (χ1n) is 9.58. The Labute approximate surface area is 193 Å². The number of hydrogen-bond acceptors (Lipinski definition) is 6. The molecule has 1 saturated heterocycles. The molecule has 1 aliphatic rings. The molecule has 1 fully saturated rings. The Balaban J connectivity index is 1.47. The van der Waals surface area contributed by atoms with E-state index in [-0.39, 0.29) is 24.5 Å². The van der Waals surface area contributed by atoms with Crippen LogP contribution >= 0.6 is 23.4 Å². The van der Waals surface area contributed by atoms with Gasteiger partial charge in [-0.2, -0.15) is 0 Å². The summed E-state index contributed by atoms with van der Waals surface area (Å²) in [6.07, 6.45) is 1.57. The maximum Gasteiger partial charge on any atom is 0.293 e. The highest BCUT2D eigenvalue weighted by Crippen LogP contribution is 2.33. The van der Waals surface area contributed by atoms with Crippen molar-refractivity contribution >= 4 is 52.4 Å². The van der Waals surface area contributed by atoms with Gasteiger partial charge in [0, 0.05) is 23.7 Å². The number of imide groups is 1. The molecule has 0 aromatic heterocycles. The molecule has 0 aliphatic carbocycles. The van der Waals surface area contributed by atoms with Crippen LogP contribution in [0.5, 0.6) is 5.75 Å². The fourth-order valence-corrected chi connectivity index (χ4v) is 3.87. The van der Waals surface area contributed by atoms with Crippen molar-refractivity contribution in [2.45, 2.75) is 0 Å². The van der Waals surface area contributed by atoms with Crippen LogP contribution in [0.4, 0.5) is 4.79 Å². The Morgan fingerprint density at radius 1 is 1.12 bits per heavy atom. The van der Waals surface area contributed by atoms with Crippen molar-refractivity contribution in [1.29, 1.82) is 0 Å². The minimum absolute atomic E-state index is 0.0140. The third-order valence-corrected chi connectivity index (χ3v) is 5.72. The fourth-order valence-electron chi connectivity index (χ4n) is 2.82. The van der Waals surface area contributed by atoms with Crippen LogP contribution in [-0.2, 0) is 9.59 Å². The van der Waals surface area contributed by atoms with E-state index in [9.17, 15) is 19.2 Å². The first-order valence-corrected chi connectivity index (χ1v) is 10.8. The number of methoxy groups -OCH3 is 1. The third-order valence-electron chi connectivity index (χ3n) is 4.46. The van der Waals surface area contributed by atoms with Crippen LogP contribution in [0, 0.1) is 0 Å². The van der Waals surface area contributed by atoms with Crippen LogP contribution in [0.3, 0.4) is 0 Å². The standard InChI is InChI=1S/C22H20ClN3O5S/c1-31-16-7-4-6-15(11-16)20(28)25-13-19(27)24-9-10-26-21(29)18(32-22(26)30)12-14-5-2-3-8-17(14)23/h2-8,11-12H,9-10,13H2,1H3,(H,24,27)(H,25,28). The summed E-state index contributed by atoms with van der Waals surface area (Å²) in [5.74, 6) is -0.780. The number of amides is 4. The Morgan fingerprint density at radius 3 is 2.66 bits per heavy atom. The number of carbonyl (C=O) groups excluding carboxylic acids is 4. The third kappa shape index (κ3) is 5.89. The molecule has 1 heterocycles. The quantitative estimate of drug-likeness (QED) is 0.571. The number of ether oxygens (including phenoxy) is 1. The molecular formula is C22H20ClN3O5S. The van der Waals surface area contributed by atoms with E-state index < -0.39 is 23.0 Å². The van der Waals surface area contributed by atoms with Gasteiger partial charge in [0.25, 0.3) is 17.1 Å². The van der Waals surface area contributed by atoms with Gasteiger partial charge in [-0.15, -0.1) is 0 Å². The van der Waals surface area contributed by atoms with Crippen molar-refractivity contribution in [3.05, 3.63) is 69.6 Å². The average Bonchev–Trinajstić information content (AvgIpc) is 3.06. The highest BCUT2D eigenvalue weighted by Gasteiger charge is 2.34. The minimum Gasteiger partial charge on any atom is -0.497 e. The molecule has 0 spiro atoms. The second-order valence-electron chi connectivity index (χ2n) is 6.62. The molecule has 8 nitrogen and oxygen atoms in total. The second-order valence-corrected chi connectivity index (χ2v) is 8.02. The molecule has 0 atom stereocenters.